The van der Waals surface area contributed by atoms with Gasteiger partial charge in [-0.2, -0.15) is 0 Å². The molecule has 8 aromatic carbocycles. The lowest BCUT2D eigenvalue weighted by Crippen LogP contribution is -2.34. The van der Waals surface area contributed by atoms with Crippen LogP contribution in [0.25, 0.3) is 66.8 Å². The minimum absolute atomic E-state index is 0.581. The zero-order chi connectivity index (χ0) is 46.6. The predicted octanol–water partition coefficient (Wildman–Crippen LogP) is 19.0. The summed E-state index contributed by atoms with van der Waals surface area (Å²) in [6, 6.07) is 55.0. The van der Waals surface area contributed by atoms with Crippen molar-refractivity contribution >= 4 is 81.0 Å². The van der Waals surface area contributed by atoms with Crippen molar-refractivity contribution in [3.05, 3.63) is 200 Å². The van der Waals surface area contributed by atoms with Crippen LogP contribution >= 0.6 is 69.6 Å². The Morgan fingerprint density at radius 2 is 0.500 bits per heavy atom. The van der Waals surface area contributed by atoms with E-state index in [9.17, 15) is 0 Å². The molecule has 8 aromatic rings. The van der Waals surface area contributed by atoms with Crippen molar-refractivity contribution < 1.29 is 9.68 Å². The van der Waals surface area contributed by atoms with Crippen molar-refractivity contribution in [3.63, 3.8) is 0 Å². The monoisotopic (exact) mass is 986 g/mol. The average Bonchev–Trinajstić information content (AvgIpc) is 3.31. The molecule has 66 heavy (non-hydrogen) atoms. The van der Waals surface area contributed by atoms with Crippen LogP contribution in [0, 0.1) is 0 Å². The maximum absolute atomic E-state index is 6.58. The number of hydrogen-bond donors (Lipinski definition) is 0. The lowest BCUT2D eigenvalue weighted by atomic mass is 9.91. The summed E-state index contributed by atoms with van der Waals surface area (Å²) in [6.07, 6.45) is 1.16. The first-order chi connectivity index (χ1) is 31.6. The van der Waals surface area contributed by atoms with Gasteiger partial charge in [0, 0.05) is 52.4 Å². The topological polar surface area (TPSA) is 46.7 Å². The van der Waals surface area contributed by atoms with Crippen LogP contribution in [0.3, 0.4) is 0 Å². The normalized spacial score (nSPS) is 11.7. The lowest BCUT2D eigenvalue weighted by molar-refractivity contribution is -0.108. The summed E-state index contributed by atoms with van der Waals surface area (Å²) < 4.78 is 0. The molecule has 0 amide bonds. The van der Waals surface area contributed by atoms with E-state index in [1.165, 1.54) is 0 Å². The number of rotatable bonds is 15. The van der Waals surface area contributed by atoms with Crippen molar-refractivity contribution in [1.29, 1.82) is 0 Å². The second kappa shape index (κ2) is 20.5. The number of benzene rings is 8. The Morgan fingerprint density at radius 3 is 0.712 bits per heavy atom. The fourth-order valence-corrected chi connectivity index (χ4v) is 8.27. The van der Waals surface area contributed by atoms with Crippen molar-refractivity contribution in [3.8, 4) is 66.8 Å². The molecule has 10 heteroatoms. The van der Waals surface area contributed by atoms with Gasteiger partial charge in [0.2, 0.25) is 0 Å². The largest absolute Gasteiger partial charge is 0.246 e. The Hall–Kier alpha value is -4.98. The Morgan fingerprint density at radius 1 is 0.303 bits per heavy atom. The van der Waals surface area contributed by atoms with E-state index in [-0.39, 0.29) is 0 Å². The zero-order valence-corrected chi connectivity index (χ0v) is 41.1. The predicted molar refractivity (Wildman–Crippen MR) is 279 cm³/mol. The number of halogens is 6. The molecule has 2 radical (unpaired) electrons. The molecule has 0 unspecified atom stereocenters. The molecule has 0 spiro atoms. The summed E-state index contributed by atoms with van der Waals surface area (Å²) in [5, 5.41) is 3.86. The molecule has 4 nitrogen and oxygen atoms in total. The van der Waals surface area contributed by atoms with Crippen molar-refractivity contribution in [2.75, 3.05) is 0 Å². The maximum Gasteiger partial charge on any atom is 0.106 e. The smallest absolute Gasteiger partial charge is 0.106 e. The van der Waals surface area contributed by atoms with Crippen LogP contribution in [-0.2, 0) is 9.68 Å². The molecule has 0 aliphatic rings. The third kappa shape index (κ3) is 11.8. The van der Waals surface area contributed by atoms with Gasteiger partial charge in [0.1, 0.15) is 11.4 Å². The van der Waals surface area contributed by atoms with Gasteiger partial charge in [0.25, 0.3) is 0 Å². The summed E-state index contributed by atoms with van der Waals surface area (Å²) in [6.45, 7) is 8.12. The highest BCUT2D eigenvalue weighted by atomic mass is 35.5. The van der Waals surface area contributed by atoms with E-state index in [0.717, 1.165) is 66.8 Å². The fraction of sp³-hybridized carbons (Fsp3) is 0.143. The third-order valence-electron chi connectivity index (χ3n) is 11.3. The van der Waals surface area contributed by atoms with E-state index >= 15 is 0 Å². The van der Waals surface area contributed by atoms with Crippen molar-refractivity contribution in [2.24, 2.45) is 0 Å². The first-order valence-electron chi connectivity index (χ1n) is 21.3. The Bertz CT molecular complexity index is 2600. The summed E-state index contributed by atoms with van der Waals surface area (Å²) in [5.41, 5.74) is 21.0. The highest BCUT2D eigenvalue weighted by Gasteiger charge is 2.30. The molecular formula is C56H44Cl6N2O2. The van der Waals surface area contributed by atoms with Gasteiger partial charge in [0.05, 0.1) is 11.2 Å². The zero-order valence-electron chi connectivity index (χ0n) is 36.6. The van der Waals surface area contributed by atoms with Crippen molar-refractivity contribution in [1.82, 2.24) is 11.0 Å². The molecule has 0 atom stereocenters. The molecule has 8 rings (SSSR count). The van der Waals surface area contributed by atoms with Gasteiger partial charge < -0.3 is 0 Å². The summed E-state index contributed by atoms with van der Waals surface area (Å²) in [7, 11) is 0. The molecule has 0 saturated heterocycles. The summed E-state index contributed by atoms with van der Waals surface area (Å²) >= 11 is 38.2. The maximum atomic E-state index is 6.58. The Balaban J connectivity index is 1.09. The van der Waals surface area contributed by atoms with Crippen LogP contribution in [0.2, 0.25) is 30.1 Å². The van der Waals surface area contributed by atoms with E-state index in [1.54, 1.807) is 0 Å². The van der Waals surface area contributed by atoms with Crippen LogP contribution in [0.4, 0.5) is 11.4 Å². The molecule has 0 aliphatic carbocycles. The quantitative estimate of drug-likeness (QED) is 0.0961. The van der Waals surface area contributed by atoms with E-state index in [2.05, 4.69) is 24.3 Å². The average molecular weight is 990 g/mol. The van der Waals surface area contributed by atoms with E-state index in [1.807, 2.05) is 173 Å². The second-order valence-electron chi connectivity index (χ2n) is 17.3. The molecule has 0 aromatic heterocycles. The highest BCUT2D eigenvalue weighted by Crippen LogP contribution is 2.45. The van der Waals surface area contributed by atoms with E-state index in [4.69, 9.17) is 90.2 Å². The van der Waals surface area contributed by atoms with Crippen LogP contribution in [0.5, 0.6) is 0 Å². The number of hydrogen-bond acceptors (Lipinski definition) is 2. The van der Waals surface area contributed by atoms with Gasteiger partial charge in [-0.25, -0.2) is 9.68 Å². The summed E-state index contributed by atoms with van der Waals surface area (Å²) in [5.74, 6) is 0. The molecule has 0 fully saturated rings. The standard InChI is InChI=1S/C56H44Cl6N2O2/c1-55(2,65-63-53-49(37-9-21-45(59)22-10-37)31-41(35-5-17-43(57)18-6-35)32-50(53)38-11-23-46(60)24-12-38)29-30-56(3,4)66-64-54-51(39-13-25-47(61)26-14-39)33-42(36-7-19-44(58)20-8-36)34-52(54)40-15-27-48(62)28-16-40/h5-28,31-34H,29-30H2,1-4H3. The third-order valence-corrected chi connectivity index (χ3v) is 12.8. The highest BCUT2D eigenvalue weighted by molar-refractivity contribution is 6.32. The lowest BCUT2D eigenvalue weighted by Gasteiger charge is -2.30. The summed E-state index contributed by atoms with van der Waals surface area (Å²) in [4.78, 5) is 13.2. The van der Waals surface area contributed by atoms with E-state index in [0.29, 0.717) is 54.4 Å². The molecule has 0 N–H and O–H groups in total. The minimum atomic E-state index is -0.729. The molecule has 0 bridgehead atoms. The van der Waals surface area contributed by atoms with Crippen LogP contribution in [0.15, 0.2) is 170 Å². The molecule has 0 saturated carbocycles. The second-order valence-corrected chi connectivity index (χ2v) is 19.9. The van der Waals surface area contributed by atoms with Gasteiger partial charge in [-0.15, -0.1) is 11.0 Å². The molecule has 0 heterocycles. The molecule has 332 valence electrons. The van der Waals surface area contributed by atoms with Gasteiger partial charge in [-0.05, 0) is 182 Å². The Labute approximate surface area is 417 Å². The van der Waals surface area contributed by atoms with Gasteiger partial charge in [0.15, 0.2) is 0 Å². The first-order valence-corrected chi connectivity index (χ1v) is 23.6. The fourth-order valence-electron chi connectivity index (χ4n) is 7.51. The van der Waals surface area contributed by atoms with E-state index < -0.39 is 11.2 Å². The SMILES string of the molecule is CC(C)(CCC(C)(C)O[N]c1c(-c2ccc(Cl)cc2)cc(-c2ccc(Cl)cc2)cc1-c1ccc(Cl)cc1)O[N]c1c(-c2ccc(Cl)cc2)cc(-c2ccc(Cl)cc2)cc1-c1ccc(Cl)cc1. The van der Waals surface area contributed by atoms with Crippen LogP contribution in [0.1, 0.15) is 40.5 Å². The van der Waals surface area contributed by atoms with Crippen LogP contribution < -0.4 is 11.0 Å². The molecular weight excluding hydrogens is 945 g/mol. The number of nitrogens with zero attached hydrogens (tertiary/aromatic N) is 2. The molecule has 0 aliphatic heterocycles. The minimum Gasteiger partial charge on any atom is -0.246 e. The van der Waals surface area contributed by atoms with Crippen molar-refractivity contribution in [2.45, 2.75) is 51.7 Å². The van der Waals surface area contributed by atoms with Gasteiger partial charge in [-0.1, -0.05) is 142 Å². The van der Waals surface area contributed by atoms with Crippen LogP contribution in [-0.4, -0.2) is 11.2 Å². The van der Waals surface area contributed by atoms with Gasteiger partial charge in [-0.3, -0.25) is 0 Å². The first kappa shape index (κ1) is 47.5. The van der Waals surface area contributed by atoms with Gasteiger partial charge >= 0.3 is 0 Å². The Kier molecular flexibility index (Phi) is 14.7.